The molecule has 0 bridgehead atoms. The van der Waals surface area contributed by atoms with Crippen LogP contribution in [0, 0.1) is 0 Å². The summed E-state index contributed by atoms with van der Waals surface area (Å²) in [5.41, 5.74) is 0.0787. The topological polar surface area (TPSA) is 49.3 Å². The molecule has 0 unspecified atom stereocenters. The summed E-state index contributed by atoms with van der Waals surface area (Å²) in [4.78, 5) is 10.2. The Hall–Kier alpha value is -0.640. The van der Waals surface area contributed by atoms with Crippen LogP contribution in [-0.4, -0.2) is 16.6 Å². The largest absolute Gasteiger partial charge is 0.480 e. The van der Waals surface area contributed by atoms with Crippen molar-refractivity contribution in [1.29, 1.82) is 0 Å². The van der Waals surface area contributed by atoms with Crippen LogP contribution in [0.4, 0.5) is 4.48 Å². The second-order valence-electron chi connectivity index (χ2n) is 2.34. The number of carboxylic acid groups (broad SMARTS) is 1. The van der Waals surface area contributed by atoms with Gasteiger partial charge in [0.2, 0.25) is 0 Å². The van der Waals surface area contributed by atoms with Crippen LogP contribution < -0.4 is 5.54 Å². The van der Waals surface area contributed by atoms with Crippen molar-refractivity contribution >= 4 is 5.97 Å². The number of aliphatic carboxylic acids is 1. The third-order valence-electron chi connectivity index (χ3n) is 1.80. The molecule has 2 N–H and O–H groups in total. The Bertz CT molecular complexity index is 127. The average Bonchev–Trinajstić information content (AvgIpc) is 1.62. The summed E-state index contributed by atoms with van der Waals surface area (Å²) in [6.07, 6.45) is 1.60. The van der Waals surface area contributed by atoms with E-state index in [9.17, 15) is 9.28 Å². The van der Waals surface area contributed by atoms with Crippen LogP contribution in [0.5, 0.6) is 0 Å². The molecule has 0 radical (unpaired) electrons. The number of carboxylic acids is 1. The van der Waals surface area contributed by atoms with Crippen molar-refractivity contribution < 1.29 is 14.4 Å². The highest BCUT2D eigenvalue weighted by atomic mass is 19.2. The second-order valence-corrected chi connectivity index (χ2v) is 2.34. The summed E-state index contributed by atoms with van der Waals surface area (Å²) in [5.74, 6) is -1.09. The van der Waals surface area contributed by atoms with Gasteiger partial charge in [-0.05, 0) is 19.3 Å². The fraction of sp³-hybridized carbons (Fsp3) is 0.800. The first-order chi connectivity index (χ1) is 4.21. The zero-order valence-corrected chi connectivity index (χ0v) is 4.85. The monoisotopic (exact) mass is 133 g/mol. The Morgan fingerprint density at radius 1 is 1.67 bits per heavy atom. The second kappa shape index (κ2) is 1.95. The minimum absolute atomic E-state index is 0.402. The van der Waals surface area contributed by atoms with Crippen LogP contribution in [0.1, 0.15) is 19.3 Å². The maximum Gasteiger partial charge on any atom is 0.326 e. The van der Waals surface area contributed by atoms with Gasteiger partial charge in [-0.3, -0.25) is 4.79 Å². The van der Waals surface area contributed by atoms with E-state index in [2.05, 4.69) is 0 Å². The fourth-order valence-electron chi connectivity index (χ4n) is 0.879. The predicted molar refractivity (Wildman–Crippen MR) is 28.5 cm³/mol. The van der Waals surface area contributed by atoms with Crippen molar-refractivity contribution in [3.05, 3.63) is 0 Å². The summed E-state index contributed by atoms with van der Waals surface area (Å²) in [6, 6.07) is 0. The van der Waals surface area contributed by atoms with Gasteiger partial charge in [0.1, 0.15) is 5.54 Å². The number of carbonyl (C=O) groups is 1. The molecule has 0 aliphatic heterocycles. The summed E-state index contributed by atoms with van der Waals surface area (Å²) in [7, 11) is 0. The molecule has 1 aliphatic carbocycles. The first-order valence-corrected chi connectivity index (χ1v) is 2.82. The third-order valence-corrected chi connectivity index (χ3v) is 1.80. The average molecular weight is 133 g/mol. The van der Waals surface area contributed by atoms with Gasteiger partial charge in [-0.1, -0.05) is 0 Å². The number of nitrogens with one attached hydrogen (secondary N) is 1. The molecule has 9 heavy (non-hydrogen) atoms. The summed E-state index contributed by atoms with van der Waals surface area (Å²) >= 11 is 0. The Morgan fingerprint density at radius 2 is 2.22 bits per heavy atom. The van der Waals surface area contributed by atoms with E-state index in [1.165, 1.54) is 5.54 Å². The van der Waals surface area contributed by atoms with Crippen molar-refractivity contribution in [3.8, 4) is 0 Å². The van der Waals surface area contributed by atoms with E-state index in [0.717, 1.165) is 6.42 Å². The van der Waals surface area contributed by atoms with E-state index >= 15 is 0 Å². The molecule has 1 rings (SSSR count). The van der Waals surface area contributed by atoms with E-state index in [0.29, 0.717) is 12.8 Å². The third kappa shape index (κ3) is 0.790. The van der Waals surface area contributed by atoms with Crippen LogP contribution >= 0.6 is 0 Å². The van der Waals surface area contributed by atoms with Gasteiger partial charge in [0.25, 0.3) is 0 Å². The fourth-order valence-corrected chi connectivity index (χ4v) is 0.879. The van der Waals surface area contributed by atoms with Gasteiger partial charge in [-0.25, -0.2) is 0 Å². The molecule has 52 valence electrons. The molecule has 0 atom stereocenters. The molecule has 1 aliphatic rings. The van der Waals surface area contributed by atoms with E-state index in [-0.39, 0.29) is 0 Å². The van der Waals surface area contributed by atoms with Crippen LogP contribution in [0.15, 0.2) is 0 Å². The first kappa shape index (κ1) is 6.48. The van der Waals surface area contributed by atoms with Crippen LogP contribution in [-0.2, 0) is 4.79 Å². The minimum Gasteiger partial charge on any atom is -0.480 e. The lowest BCUT2D eigenvalue weighted by Crippen LogP contribution is -2.53. The Kier molecular flexibility index (Phi) is 1.40. The predicted octanol–water partition coefficient (Wildman–Crippen LogP) is 0.468. The highest BCUT2D eigenvalue weighted by molar-refractivity contribution is 5.79. The van der Waals surface area contributed by atoms with Crippen molar-refractivity contribution in [2.75, 3.05) is 0 Å². The molecule has 0 spiro atoms. The molecule has 4 heteroatoms. The van der Waals surface area contributed by atoms with Crippen molar-refractivity contribution in [2.24, 2.45) is 0 Å². The highest BCUT2D eigenvalue weighted by Crippen LogP contribution is 2.31. The standard InChI is InChI=1S/C5H8FNO2/c6-7-5(4(8)9)2-1-3-5/h7H,1-3H2,(H,8,9). The zero-order valence-electron chi connectivity index (χ0n) is 4.85. The van der Waals surface area contributed by atoms with E-state index in [1.54, 1.807) is 0 Å². The lowest BCUT2D eigenvalue weighted by molar-refractivity contribution is -0.152. The molecule has 0 aromatic heterocycles. The van der Waals surface area contributed by atoms with Crippen LogP contribution in [0.3, 0.4) is 0 Å². The van der Waals surface area contributed by atoms with Gasteiger partial charge >= 0.3 is 5.97 Å². The molecular weight excluding hydrogens is 125 g/mol. The Labute approximate surface area is 51.8 Å². The summed E-state index contributed by atoms with van der Waals surface area (Å²) in [5, 5.41) is 8.38. The van der Waals surface area contributed by atoms with Gasteiger partial charge in [-0.2, -0.15) is 0 Å². The number of rotatable bonds is 2. The number of halogens is 1. The maximum atomic E-state index is 11.7. The Balaban J connectivity index is 2.57. The van der Waals surface area contributed by atoms with Gasteiger partial charge < -0.3 is 5.11 Å². The first-order valence-electron chi connectivity index (χ1n) is 2.82. The van der Waals surface area contributed by atoms with E-state index < -0.39 is 11.5 Å². The minimum atomic E-state index is -1.24. The SMILES string of the molecule is O=C(O)C1(NF)CCC1. The molecule has 3 nitrogen and oxygen atoms in total. The molecule has 0 amide bonds. The summed E-state index contributed by atoms with van der Waals surface area (Å²) < 4.78 is 11.7. The van der Waals surface area contributed by atoms with Gasteiger partial charge in [0, 0.05) is 0 Å². The van der Waals surface area contributed by atoms with Crippen LogP contribution in [0.25, 0.3) is 0 Å². The van der Waals surface area contributed by atoms with Crippen LogP contribution in [0.2, 0.25) is 0 Å². The van der Waals surface area contributed by atoms with E-state index in [1.807, 2.05) is 0 Å². The molecule has 0 heterocycles. The van der Waals surface area contributed by atoms with Crippen molar-refractivity contribution in [2.45, 2.75) is 24.8 Å². The molecule has 1 saturated carbocycles. The van der Waals surface area contributed by atoms with Gasteiger partial charge in [0.15, 0.2) is 0 Å². The lowest BCUT2D eigenvalue weighted by atomic mass is 9.78. The smallest absolute Gasteiger partial charge is 0.326 e. The molecule has 0 saturated heterocycles. The number of hydrogen-bond acceptors (Lipinski definition) is 2. The summed E-state index contributed by atoms with van der Waals surface area (Å²) in [6.45, 7) is 0. The molecule has 0 aromatic rings. The Morgan fingerprint density at radius 3 is 2.22 bits per heavy atom. The lowest BCUT2D eigenvalue weighted by Gasteiger charge is -2.34. The quantitative estimate of drug-likeness (QED) is 0.538. The van der Waals surface area contributed by atoms with Crippen molar-refractivity contribution in [1.82, 2.24) is 5.54 Å². The normalized spacial score (nSPS) is 22.8. The maximum absolute atomic E-state index is 11.7. The van der Waals surface area contributed by atoms with E-state index in [4.69, 9.17) is 5.11 Å². The highest BCUT2D eigenvalue weighted by Gasteiger charge is 2.44. The molecule has 1 fully saturated rings. The molecule has 0 aromatic carbocycles. The van der Waals surface area contributed by atoms with Crippen molar-refractivity contribution in [3.63, 3.8) is 0 Å². The zero-order chi connectivity index (χ0) is 6.91. The van der Waals surface area contributed by atoms with Gasteiger partial charge in [-0.15, -0.1) is 10.0 Å². The van der Waals surface area contributed by atoms with Gasteiger partial charge in [0.05, 0.1) is 0 Å². The number of hydrogen-bond donors (Lipinski definition) is 2. The molecular formula is C5H8FNO2.